The molecule has 3 unspecified atom stereocenters. The highest BCUT2D eigenvalue weighted by atomic mass is 16.3. The number of aliphatic hydroxyl groups excluding tert-OH is 1. The fraction of sp³-hybridized carbons (Fsp3) is 1.00. The third-order valence-corrected chi connectivity index (χ3v) is 3.10. The van der Waals surface area contributed by atoms with Gasteiger partial charge in [0, 0.05) is 19.1 Å². The molecule has 1 fully saturated rings. The van der Waals surface area contributed by atoms with E-state index in [0.717, 1.165) is 25.4 Å². The van der Waals surface area contributed by atoms with E-state index >= 15 is 0 Å². The van der Waals surface area contributed by atoms with Crippen LogP contribution >= 0.6 is 0 Å². The Bertz CT molecular complexity index is 160. The highest BCUT2D eigenvalue weighted by Crippen LogP contribution is 2.21. The fourth-order valence-corrected chi connectivity index (χ4v) is 2.55. The fourth-order valence-electron chi connectivity index (χ4n) is 2.55. The molecular weight excluding hydrogens is 174 g/mol. The van der Waals surface area contributed by atoms with E-state index in [0.29, 0.717) is 12.0 Å². The number of rotatable bonds is 3. The average molecular weight is 199 g/mol. The lowest BCUT2D eigenvalue weighted by molar-refractivity contribution is 0.0214. The molecule has 1 aliphatic rings. The molecule has 1 N–H and O–H groups in total. The van der Waals surface area contributed by atoms with Crippen molar-refractivity contribution in [3.05, 3.63) is 0 Å². The maximum atomic E-state index is 9.69. The molecule has 1 saturated heterocycles. The zero-order valence-corrected chi connectivity index (χ0v) is 10.0. The second kappa shape index (κ2) is 5.13. The smallest absolute Gasteiger partial charge is 0.0670 e. The standard InChI is InChI=1S/C12H25NO/c1-9(2)5-11(4)13-7-10(3)6-12(14)8-13/h9-12,14H,5-8H2,1-4H3. The minimum atomic E-state index is -0.103. The number of hydrogen-bond donors (Lipinski definition) is 1. The predicted octanol–water partition coefficient (Wildman–Crippen LogP) is 2.12. The molecule has 0 aromatic rings. The van der Waals surface area contributed by atoms with Crippen molar-refractivity contribution in [2.45, 2.75) is 52.7 Å². The van der Waals surface area contributed by atoms with Gasteiger partial charge in [-0.05, 0) is 31.6 Å². The second-order valence-electron chi connectivity index (χ2n) is 5.43. The summed E-state index contributed by atoms with van der Waals surface area (Å²) in [5.41, 5.74) is 0. The van der Waals surface area contributed by atoms with Gasteiger partial charge in [-0.3, -0.25) is 4.90 Å². The number of aliphatic hydroxyl groups is 1. The van der Waals surface area contributed by atoms with Gasteiger partial charge in [0.1, 0.15) is 0 Å². The number of piperidine rings is 1. The van der Waals surface area contributed by atoms with E-state index < -0.39 is 0 Å². The van der Waals surface area contributed by atoms with Crippen LogP contribution in [0.1, 0.15) is 40.5 Å². The molecule has 0 aromatic heterocycles. The molecule has 0 bridgehead atoms. The van der Waals surface area contributed by atoms with Crippen LogP contribution < -0.4 is 0 Å². The quantitative estimate of drug-likeness (QED) is 0.752. The molecule has 84 valence electrons. The number of likely N-dealkylation sites (tertiary alicyclic amines) is 1. The Morgan fingerprint density at radius 3 is 2.43 bits per heavy atom. The summed E-state index contributed by atoms with van der Waals surface area (Å²) < 4.78 is 0. The van der Waals surface area contributed by atoms with E-state index in [1.165, 1.54) is 6.42 Å². The molecule has 0 amide bonds. The van der Waals surface area contributed by atoms with Gasteiger partial charge in [-0.25, -0.2) is 0 Å². The molecule has 1 heterocycles. The van der Waals surface area contributed by atoms with Crippen LogP contribution in [-0.2, 0) is 0 Å². The maximum absolute atomic E-state index is 9.69. The van der Waals surface area contributed by atoms with Crippen LogP contribution in [0.2, 0.25) is 0 Å². The zero-order chi connectivity index (χ0) is 10.7. The van der Waals surface area contributed by atoms with Crippen LogP contribution in [-0.4, -0.2) is 35.2 Å². The van der Waals surface area contributed by atoms with Gasteiger partial charge < -0.3 is 5.11 Å². The van der Waals surface area contributed by atoms with Crippen molar-refractivity contribution in [1.29, 1.82) is 0 Å². The molecule has 14 heavy (non-hydrogen) atoms. The maximum Gasteiger partial charge on any atom is 0.0670 e. The van der Waals surface area contributed by atoms with Crippen molar-refractivity contribution in [2.75, 3.05) is 13.1 Å². The first-order valence-corrected chi connectivity index (χ1v) is 5.91. The van der Waals surface area contributed by atoms with Crippen molar-refractivity contribution in [3.8, 4) is 0 Å². The van der Waals surface area contributed by atoms with Gasteiger partial charge in [0.2, 0.25) is 0 Å². The lowest BCUT2D eigenvalue weighted by Gasteiger charge is -2.38. The van der Waals surface area contributed by atoms with Gasteiger partial charge >= 0.3 is 0 Å². The van der Waals surface area contributed by atoms with Gasteiger partial charge in [-0.2, -0.15) is 0 Å². The Labute approximate surface area is 88.3 Å². The summed E-state index contributed by atoms with van der Waals surface area (Å²) in [5, 5.41) is 9.69. The summed E-state index contributed by atoms with van der Waals surface area (Å²) in [6, 6.07) is 0.618. The molecule has 0 spiro atoms. The topological polar surface area (TPSA) is 23.5 Å². The first-order valence-electron chi connectivity index (χ1n) is 5.91. The monoisotopic (exact) mass is 199 g/mol. The van der Waals surface area contributed by atoms with Crippen molar-refractivity contribution in [2.24, 2.45) is 11.8 Å². The molecular formula is C12H25NO. The third-order valence-electron chi connectivity index (χ3n) is 3.10. The largest absolute Gasteiger partial charge is 0.392 e. The first-order chi connectivity index (χ1) is 6.49. The Morgan fingerprint density at radius 2 is 1.93 bits per heavy atom. The van der Waals surface area contributed by atoms with Crippen LogP contribution in [0.3, 0.4) is 0 Å². The third kappa shape index (κ3) is 3.58. The molecule has 0 saturated carbocycles. The van der Waals surface area contributed by atoms with Crippen LogP contribution in [0.5, 0.6) is 0 Å². The van der Waals surface area contributed by atoms with Gasteiger partial charge in [-0.1, -0.05) is 20.8 Å². The summed E-state index contributed by atoms with van der Waals surface area (Å²) in [5.74, 6) is 1.40. The SMILES string of the molecule is CC(C)CC(C)N1CC(C)CC(O)C1. The Hall–Kier alpha value is -0.0800. The second-order valence-corrected chi connectivity index (χ2v) is 5.43. The van der Waals surface area contributed by atoms with Crippen molar-refractivity contribution >= 4 is 0 Å². The first kappa shape index (κ1) is 12.0. The van der Waals surface area contributed by atoms with Crippen molar-refractivity contribution in [3.63, 3.8) is 0 Å². The van der Waals surface area contributed by atoms with Gasteiger partial charge in [-0.15, -0.1) is 0 Å². The lowest BCUT2D eigenvalue weighted by atomic mass is 9.94. The normalized spacial score (nSPS) is 32.1. The highest BCUT2D eigenvalue weighted by molar-refractivity contribution is 4.80. The minimum absolute atomic E-state index is 0.103. The van der Waals surface area contributed by atoms with Crippen molar-refractivity contribution in [1.82, 2.24) is 4.90 Å². The molecule has 2 nitrogen and oxygen atoms in total. The van der Waals surface area contributed by atoms with Gasteiger partial charge in [0.15, 0.2) is 0 Å². The van der Waals surface area contributed by atoms with Crippen LogP contribution in [0.15, 0.2) is 0 Å². The number of β-amino-alcohol motifs (C(OH)–C–C–N with tert-alkyl or cyclic N) is 1. The molecule has 1 aliphatic heterocycles. The zero-order valence-electron chi connectivity index (χ0n) is 10.0. The molecule has 3 atom stereocenters. The summed E-state index contributed by atoms with van der Waals surface area (Å²) in [7, 11) is 0. The number of hydrogen-bond acceptors (Lipinski definition) is 2. The average Bonchev–Trinajstić information content (AvgIpc) is 2.00. The molecule has 2 heteroatoms. The van der Waals surface area contributed by atoms with E-state index in [-0.39, 0.29) is 6.10 Å². The van der Waals surface area contributed by atoms with Crippen LogP contribution in [0.25, 0.3) is 0 Å². The predicted molar refractivity (Wildman–Crippen MR) is 60.3 cm³/mol. The Kier molecular flexibility index (Phi) is 4.39. The van der Waals surface area contributed by atoms with E-state index in [1.54, 1.807) is 0 Å². The number of nitrogens with zero attached hydrogens (tertiary/aromatic N) is 1. The Balaban J connectivity index is 2.42. The molecule has 0 aromatic carbocycles. The van der Waals surface area contributed by atoms with E-state index in [2.05, 4.69) is 32.6 Å². The molecule has 0 aliphatic carbocycles. The summed E-state index contributed by atoms with van der Waals surface area (Å²) >= 11 is 0. The van der Waals surface area contributed by atoms with E-state index in [4.69, 9.17) is 0 Å². The molecule has 0 radical (unpaired) electrons. The van der Waals surface area contributed by atoms with Crippen molar-refractivity contribution < 1.29 is 5.11 Å². The van der Waals surface area contributed by atoms with E-state index in [9.17, 15) is 5.11 Å². The van der Waals surface area contributed by atoms with Gasteiger partial charge in [0.05, 0.1) is 6.10 Å². The highest BCUT2D eigenvalue weighted by Gasteiger charge is 2.26. The van der Waals surface area contributed by atoms with Crippen LogP contribution in [0, 0.1) is 11.8 Å². The summed E-state index contributed by atoms with van der Waals surface area (Å²) in [4.78, 5) is 2.44. The lowest BCUT2D eigenvalue weighted by Crippen LogP contribution is -2.47. The molecule has 1 rings (SSSR count). The van der Waals surface area contributed by atoms with Crippen LogP contribution in [0.4, 0.5) is 0 Å². The summed E-state index contributed by atoms with van der Waals surface area (Å²) in [6.45, 7) is 11.1. The van der Waals surface area contributed by atoms with E-state index in [1.807, 2.05) is 0 Å². The van der Waals surface area contributed by atoms with Gasteiger partial charge in [0.25, 0.3) is 0 Å². The summed E-state index contributed by atoms with van der Waals surface area (Å²) in [6.07, 6.45) is 2.11. The minimum Gasteiger partial charge on any atom is -0.392 e. The Morgan fingerprint density at radius 1 is 1.29 bits per heavy atom.